The summed E-state index contributed by atoms with van der Waals surface area (Å²) in [6, 6.07) is 11.3. The zero-order valence-corrected chi connectivity index (χ0v) is 15.5. The maximum atomic E-state index is 12.9. The maximum Gasteiger partial charge on any atom is 0.251 e. The van der Waals surface area contributed by atoms with Crippen LogP contribution in [0.2, 0.25) is 0 Å². The van der Waals surface area contributed by atoms with Crippen LogP contribution in [0.15, 0.2) is 53.4 Å². The average molecular weight is 392 g/mol. The molecule has 0 radical (unpaired) electrons. The van der Waals surface area contributed by atoms with E-state index in [0.29, 0.717) is 17.7 Å². The zero-order valence-electron chi connectivity index (χ0n) is 14.7. The summed E-state index contributed by atoms with van der Waals surface area (Å²) in [5.74, 6) is -0.689. The highest BCUT2D eigenvalue weighted by Crippen LogP contribution is 2.12. The minimum Gasteiger partial charge on any atom is -0.376 e. The van der Waals surface area contributed by atoms with Gasteiger partial charge in [-0.1, -0.05) is 12.1 Å². The molecule has 6 nitrogen and oxygen atoms in total. The number of amides is 1. The van der Waals surface area contributed by atoms with Crippen LogP contribution < -0.4 is 10.0 Å². The molecule has 2 aromatic rings. The summed E-state index contributed by atoms with van der Waals surface area (Å²) in [7, 11) is -3.73. The minimum absolute atomic E-state index is 0.00553. The number of hydrogen-bond acceptors (Lipinski definition) is 4. The highest BCUT2D eigenvalue weighted by Gasteiger charge is 2.17. The molecule has 2 N–H and O–H groups in total. The van der Waals surface area contributed by atoms with E-state index in [1.165, 1.54) is 12.1 Å². The quantitative estimate of drug-likeness (QED) is 0.757. The Morgan fingerprint density at radius 2 is 1.81 bits per heavy atom. The monoisotopic (exact) mass is 392 g/mol. The van der Waals surface area contributed by atoms with Gasteiger partial charge < -0.3 is 10.1 Å². The lowest BCUT2D eigenvalue weighted by Gasteiger charge is -2.11. The molecule has 0 spiro atoms. The van der Waals surface area contributed by atoms with Crippen molar-refractivity contribution in [2.75, 3.05) is 13.2 Å². The van der Waals surface area contributed by atoms with Crippen molar-refractivity contribution in [3.8, 4) is 0 Å². The van der Waals surface area contributed by atoms with Gasteiger partial charge in [-0.3, -0.25) is 4.79 Å². The number of carbonyl (C=O) groups excluding carboxylic acids is 1. The molecular weight excluding hydrogens is 371 g/mol. The Balaban J connectivity index is 1.54. The van der Waals surface area contributed by atoms with Crippen LogP contribution in [-0.2, 0) is 21.3 Å². The van der Waals surface area contributed by atoms with Crippen LogP contribution in [0.25, 0.3) is 0 Å². The number of sulfonamides is 1. The second-order valence-electron chi connectivity index (χ2n) is 6.32. The van der Waals surface area contributed by atoms with E-state index in [1.54, 1.807) is 24.3 Å². The van der Waals surface area contributed by atoms with Crippen molar-refractivity contribution in [2.24, 2.45) is 0 Å². The van der Waals surface area contributed by atoms with E-state index in [1.807, 2.05) is 0 Å². The van der Waals surface area contributed by atoms with E-state index in [4.69, 9.17) is 4.74 Å². The number of nitrogens with one attached hydrogen (secondary N) is 2. The molecule has 3 rings (SSSR count). The molecule has 1 aliphatic rings. The first kappa shape index (κ1) is 19.5. The number of halogens is 1. The SMILES string of the molecule is O=C(NCC1CCCO1)c1ccc(CNS(=O)(=O)c2ccc(F)cc2)cc1. The van der Waals surface area contributed by atoms with E-state index >= 15 is 0 Å². The Bertz CT molecular complexity index is 877. The predicted molar refractivity (Wildman–Crippen MR) is 98.2 cm³/mol. The summed E-state index contributed by atoms with van der Waals surface area (Å²) in [6.45, 7) is 1.29. The minimum atomic E-state index is -3.73. The van der Waals surface area contributed by atoms with E-state index in [-0.39, 0.29) is 23.5 Å². The maximum absolute atomic E-state index is 12.9. The topological polar surface area (TPSA) is 84.5 Å². The number of carbonyl (C=O) groups is 1. The molecule has 2 aromatic carbocycles. The fourth-order valence-electron chi connectivity index (χ4n) is 2.76. The van der Waals surface area contributed by atoms with Gasteiger partial charge >= 0.3 is 0 Å². The summed E-state index contributed by atoms with van der Waals surface area (Å²) >= 11 is 0. The second kappa shape index (κ2) is 8.60. The summed E-state index contributed by atoms with van der Waals surface area (Å²) in [4.78, 5) is 12.1. The van der Waals surface area contributed by atoms with Crippen LogP contribution in [0, 0.1) is 5.82 Å². The second-order valence-corrected chi connectivity index (χ2v) is 8.09. The van der Waals surface area contributed by atoms with Crippen molar-refractivity contribution in [3.05, 3.63) is 65.5 Å². The van der Waals surface area contributed by atoms with Gasteiger partial charge in [0.05, 0.1) is 11.0 Å². The van der Waals surface area contributed by atoms with Crippen molar-refractivity contribution in [1.82, 2.24) is 10.0 Å². The molecule has 1 atom stereocenters. The number of rotatable bonds is 7. The number of hydrogen-bond donors (Lipinski definition) is 2. The van der Waals surface area contributed by atoms with Gasteiger partial charge in [0.25, 0.3) is 5.91 Å². The Morgan fingerprint density at radius 3 is 2.44 bits per heavy atom. The van der Waals surface area contributed by atoms with Gasteiger partial charge in [0.2, 0.25) is 10.0 Å². The lowest BCUT2D eigenvalue weighted by molar-refractivity contribution is 0.0858. The zero-order chi connectivity index (χ0) is 19.3. The van der Waals surface area contributed by atoms with Gasteiger partial charge in [0.15, 0.2) is 0 Å². The molecule has 0 aliphatic carbocycles. The van der Waals surface area contributed by atoms with Gasteiger partial charge in [-0.2, -0.15) is 0 Å². The van der Waals surface area contributed by atoms with E-state index in [2.05, 4.69) is 10.0 Å². The summed E-state index contributed by atoms with van der Waals surface area (Å²) in [5, 5.41) is 2.84. The Labute approximate surface area is 157 Å². The summed E-state index contributed by atoms with van der Waals surface area (Å²) < 4.78 is 45.2. The molecule has 1 heterocycles. The lowest BCUT2D eigenvalue weighted by Crippen LogP contribution is -2.31. The van der Waals surface area contributed by atoms with Crippen molar-refractivity contribution in [1.29, 1.82) is 0 Å². The van der Waals surface area contributed by atoms with Crippen molar-refractivity contribution < 1.29 is 22.3 Å². The first-order chi connectivity index (χ1) is 12.9. The molecule has 8 heteroatoms. The largest absolute Gasteiger partial charge is 0.376 e. The van der Waals surface area contributed by atoms with Gasteiger partial charge in [-0.15, -0.1) is 0 Å². The molecule has 27 heavy (non-hydrogen) atoms. The van der Waals surface area contributed by atoms with Crippen LogP contribution in [0.5, 0.6) is 0 Å². The fourth-order valence-corrected chi connectivity index (χ4v) is 3.78. The molecule has 0 bridgehead atoms. The molecule has 1 fully saturated rings. The number of benzene rings is 2. The predicted octanol–water partition coefficient (Wildman–Crippen LogP) is 2.21. The van der Waals surface area contributed by atoms with Gasteiger partial charge in [0.1, 0.15) is 5.82 Å². The van der Waals surface area contributed by atoms with Crippen LogP contribution in [-0.4, -0.2) is 33.6 Å². The van der Waals surface area contributed by atoms with Crippen molar-refractivity contribution >= 4 is 15.9 Å². The smallest absolute Gasteiger partial charge is 0.251 e. The Kier molecular flexibility index (Phi) is 6.20. The van der Waals surface area contributed by atoms with Crippen LogP contribution in [0.1, 0.15) is 28.8 Å². The third-order valence-electron chi connectivity index (χ3n) is 4.32. The molecular formula is C19H21FN2O4S. The van der Waals surface area contributed by atoms with Crippen molar-refractivity contribution in [3.63, 3.8) is 0 Å². The molecule has 0 aromatic heterocycles. The van der Waals surface area contributed by atoms with Gasteiger partial charge in [-0.05, 0) is 54.8 Å². The molecule has 144 valence electrons. The van der Waals surface area contributed by atoms with E-state index in [0.717, 1.165) is 31.6 Å². The highest BCUT2D eigenvalue weighted by atomic mass is 32.2. The molecule has 1 amide bonds. The first-order valence-corrected chi connectivity index (χ1v) is 10.2. The van der Waals surface area contributed by atoms with Crippen molar-refractivity contribution in [2.45, 2.75) is 30.4 Å². The standard InChI is InChI=1S/C19H21FN2O4S/c20-16-7-9-18(10-8-16)27(24,25)22-12-14-3-5-15(6-4-14)19(23)21-13-17-2-1-11-26-17/h3-10,17,22H,1-2,11-13H2,(H,21,23). The third kappa shape index (κ3) is 5.35. The average Bonchev–Trinajstić information content (AvgIpc) is 3.19. The normalized spacial score (nSPS) is 17.0. The van der Waals surface area contributed by atoms with E-state index in [9.17, 15) is 17.6 Å². The van der Waals surface area contributed by atoms with E-state index < -0.39 is 15.8 Å². The Hall–Kier alpha value is -2.29. The van der Waals surface area contributed by atoms with Crippen LogP contribution >= 0.6 is 0 Å². The lowest BCUT2D eigenvalue weighted by atomic mass is 10.1. The fraction of sp³-hybridized carbons (Fsp3) is 0.316. The highest BCUT2D eigenvalue weighted by molar-refractivity contribution is 7.89. The number of ether oxygens (including phenoxy) is 1. The van der Waals surface area contributed by atoms with Gasteiger partial charge in [0, 0.05) is 25.3 Å². The van der Waals surface area contributed by atoms with Crippen LogP contribution in [0.3, 0.4) is 0 Å². The summed E-state index contributed by atoms with van der Waals surface area (Å²) in [6.07, 6.45) is 2.05. The van der Waals surface area contributed by atoms with Gasteiger partial charge in [-0.25, -0.2) is 17.5 Å². The Morgan fingerprint density at radius 1 is 1.11 bits per heavy atom. The van der Waals surface area contributed by atoms with Crippen LogP contribution in [0.4, 0.5) is 4.39 Å². The summed E-state index contributed by atoms with van der Waals surface area (Å²) in [5.41, 5.74) is 1.20. The molecule has 1 saturated heterocycles. The molecule has 1 aliphatic heterocycles. The molecule has 1 unspecified atom stereocenters. The first-order valence-electron chi connectivity index (χ1n) is 8.68. The molecule has 0 saturated carbocycles. The third-order valence-corrected chi connectivity index (χ3v) is 5.74.